The second kappa shape index (κ2) is 5.65. The van der Waals surface area contributed by atoms with Gasteiger partial charge in [-0.25, -0.2) is 18.7 Å². The average Bonchev–Trinajstić information content (AvgIpc) is 2.80. The number of hydrogen-bond donors (Lipinski definition) is 1. The van der Waals surface area contributed by atoms with Crippen LogP contribution in [0, 0.1) is 17.3 Å². The maximum atomic E-state index is 13.8. The molecule has 100 valence electrons. The fraction of sp³-hybridized carbons (Fsp3) is 0.385. The largest absolute Gasteiger partial charge is 0.369 e. The quantitative estimate of drug-likeness (QED) is 0.392. The Morgan fingerprint density at radius 3 is 3.05 bits per heavy atom. The van der Waals surface area contributed by atoms with E-state index in [4.69, 9.17) is 11.0 Å². The van der Waals surface area contributed by atoms with Gasteiger partial charge in [0.2, 0.25) is 5.96 Å². The van der Waals surface area contributed by atoms with E-state index in [0.29, 0.717) is 12.0 Å². The third-order valence-electron chi connectivity index (χ3n) is 3.16. The number of hydrogen-bond acceptors (Lipinski definition) is 2. The van der Waals surface area contributed by atoms with E-state index in [0.717, 1.165) is 16.9 Å². The Morgan fingerprint density at radius 1 is 1.58 bits per heavy atom. The lowest BCUT2D eigenvalue weighted by atomic mass is 10.1. The number of rotatable bonds is 3. The van der Waals surface area contributed by atoms with Crippen LogP contribution >= 0.6 is 0 Å². The number of aliphatic imine (C=N–C) groups is 1. The van der Waals surface area contributed by atoms with Gasteiger partial charge in [0.25, 0.3) is 0 Å². The van der Waals surface area contributed by atoms with Gasteiger partial charge in [-0.05, 0) is 24.5 Å². The molecule has 1 aromatic carbocycles. The van der Waals surface area contributed by atoms with Gasteiger partial charge in [-0.15, -0.1) is 0 Å². The van der Waals surface area contributed by atoms with Crippen LogP contribution < -0.4 is 5.73 Å². The maximum Gasteiger partial charge on any atom is 0.205 e. The third-order valence-corrected chi connectivity index (χ3v) is 3.16. The van der Waals surface area contributed by atoms with Crippen molar-refractivity contribution in [2.24, 2.45) is 10.7 Å². The highest BCUT2D eigenvalue weighted by molar-refractivity contribution is 5.80. The van der Waals surface area contributed by atoms with Gasteiger partial charge in [0.1, 0.15) is 12.5 Å². The molecule has 1 unspecified atom stereocenters. The Hall–Kier alpha value is -2.16. The number of alkyl halides is 1. The maximum absolute atomic E-state index is 13.8. The van der Waals surface area contributed by atoms with Gasteiger partial charge < -0.3 is 5.73 Å². The summed E-state index contributed by atoms with van der Waals surface area (Å²) in [6, 6.07) is 4.50. The van der Waals surface area contributed by atoms with Gasteiger partial charge in [-0.3, -0.25) is 0 Å². The number of nitrogens with two attached hydrogens (primary N) is 1. The van der Waals surface area contributed by atoms with Crippen LogP contribution in [0.5, 0.6) is 0 Å². The van der Waals surface area contributed by atoms with Crippen LogP contribution in [0.25, 0.3) is 0 Å². The summed E-state index contributed by atoms with van der Waals surface area (Å²) in [5.41, 5.74) is 7.11. The summed E-state index contributed by atoms with van der Waals surface area (Å²) in [7, 11) is 0. The molecule has 0 bridgehead atoms. The summed E-state index contributed by atoms with van der Waals surface area (Å²) in [4.78, 5) is 5.13. The fourth-order valence-corrected chi connectivity index (χ4v) is 2.27. The molecule has 0 aromatic heterocycles. The summed E-state index contributed by atoms with van der Waals surface area (Å²) in [5, 5.41) is 8.83. The summed E-state index contributed by atoms with van der Waals surface area (Å²) >= 11 is 0. The SMILES string of the molecule is N#CN(CCF)C(N)=NC1CCc2cccc(F)c21. The van der Waals surface area contributed by atoms with Crippen molar-refractivity contribution in [3.8, 4) is 6.19 Å². The van der Waals surface area contributed by atoms with Crippen molar-refractivity contribution < 1.29 is 8.78 Å². The second-order valence-electron chi connectivity index (χ2n) is 4.30. The molecule has 6 heteroatoms. The van der Waals surface area contributed by atoms with Gasteiger partial charge in [-0.2, -0.15) is 5.26 Å². The highest BCUT2D eigenvalue weighted by atomic mass is 19.1. The van der Waals surface area contributed by atoms with Crippen LogP contribution in [-0.2, 0) is 6.42 Å². The molecule has 2 rings (SSSR count). The molecule has 4 nitrogen and oxygen atoms in total. The third kappa shape index (κ3) is 2.65. The Morgan fingerprint density at radius 2 is 2.37 bits per heavy atom. The van der Waals surface area contributed by atoms with E-state index >= 15 is 0 Å². The lowest BCUT2D eigenvalue weighted by Gasteiger charge is -2.15. The minimum Gasteiger partial charge on any atom is -0.369 e. The van der Waals surface area contributed by atoms with Crippen molar-refractivity contribution in [3.05, 3.63) is 35.1 Å². The molecule has 0 aliphatic heterocycles. The lowest BCUT2D eigenvalue weighted by Crippen LogP contribution is -2.35. The zero-order valence-corrected chi connectivity index (χ0v) is 10.3. The minimum atomic E-state index is -0.695. The van der Waals surface area contributed by atoms with E-state index in [-0.39, 0.29) is 18.3 Å². The Labute approximate surface area is 110 Å². The number of aryl methyl sites for hydroxylation is 1. The molecular weight excluding hydrogens is 250 g/mol. The average molecular weight is 264 g/mol. The van der Waals surface area contributed by atoms with E-state index in [1.54, 1.807) is 12.3 Å². The molecule has 1 atom stereocenters. The van der Waals surface area contributed by atoms with E-state index in [1.165, 1.54) is 6.07 Å². The summed E-state index contributed by atoms with van der Waals surface area (Å²) in [6.07, 6.45) is 3.13. The molecule has 0 radical (unpaired) electrons. The topological polar surface area (TPSA) is 65.4 Å². The molecule has 0 saturated heterocycles. The summed E-state index contributed by atoms with van der Waals surface area (Å²) in [5.74, 6) is -0.383. The van der Waals surface area contributed by atoms with E-state index < -0.39 is 12.7 Å². The van der Waals surface area contributed by atoms with Gasteiger partial charge in [0.15, 0.2) is 6.19 Å². The first kappa shape index (κ1) is 13.3. The molecular formula is C13H14F2N4. The minimum absolute atomic E-state index is 0.0683. The molecule has 0 saturated carbocycles. The molecule has 0 spiro atoms. The van der Waals surface area contributed by atoms with Crippen LogP contribution in [0.15, 0.2) is 23.2 Å². The highest BCUT2D eigenvalue weighted by Gasteiger charge is 2.26. The number of nitriles is 1. The number of fused-ring (bicyclic) bond motifs is 1. The van der Waals surface area contributed by atoms with Crippen molar-refractivity contribution in [2.45, 2.75) is 18.9 Å². The Kier molecular flexibility index (Phi) is 3.95. The number of benzene rings is 1. The first-order chi connectivity index (χ1) is 9.17. The van der Waals surface area contributed by atoms with Gasteiger partial charge in [-0.1, -0.05) is 12.1 Å². The molecule has 0 fully saturated rings. The predicted molar refractivity (Wildman–Crippen MR) is 67.4 cm³/mol. The van der Waals surface area contributed by atoms with Crippen LogP contribution in [0.1, 0.15) is 23.6 Å². The molecule has 1 aliphatic carbocycles. The standard InChI is InChI=1S/C13H14F2N4/c14-6-7-19(8-16)13(17)18-11-5-4-9-2-1-3-10(15)12(9)11/h1-3,11H,4-7H2,(H2,17,18). The van der Waals surface area contributed by atoms with E-state index in [1.807, 2.05) is 6.07 Å². The van der Waals surface area contributed by atoms with Crippen LogP contribution in [0.3, 0.4) is 0 Å². The van der Waals surface area contributed by atoms with Crippen LogP contribution in [0.4, 0.5) is 8.78 Å². The number of nitrogens with zero attached hydrogens (tertiary/aromatic N) is 3. The number of halogens is 2. The van der Waals surface area contributed by atoms with E-state index in [2.05, 4.69) is 4.99 Å². The van der Waals surface area contributed by atoms with Crippen molar-refractivity contribution >= 4 is 5.96 Å². The van der Waals surface area contributed by atoms with Crippen LogP contribution in [-0.4, -0.2) is 24.1 Å². The normalized spacial score (nSPS) is 17.9. The number of guanidine groups is 1. The monoisotopic (exact) mass is 264 g/mol. The Balaban J connectivity index is 2.25. The molecule has 1 aliphatic rings. The molecule has 1 aromatic rings. The zero-order valence-electron chi connectivity index (χ0n) is 10.3. The first-order valence-electron chi connectivity index (χ1n) is 6.01. The predicted octanol–water partition coefficient (Wildman–Crippen LogP) is 1.88. The van der Waals surface area contributed by atoms with Gasteiger partial charge >= 0.3 is 0 Å². The second-order valence-corrected chi connectivity index (χ2v) is 4.30. The molecule has 19 heavy (non-hydrogen) atoms. The summed E-state index contributed by atoms with van der Waals surface area (Å²) in [6.45, 7) is -0.831. The molecule has 2 N–H and O–H groups in total. The fourth-order valence-electron chi connectivity index (χ4n) is 2.27. The van der Waals surface area contributed by atoms with Crippen molar-refractivity contribution in [1.29, 1.82) is 5.26 Å². The van der Waals surface area contributed by atoms with Crippen molar-refractivity contribution in [2.75, 3.05) is 13.2 Å². The van der Waals surface area contributed by atoms with Crippen molar-refractivity contribution in [1.82, 2.24) is 4.90 Å². The zero-order chi connectivity index (χ0) is 13.8. The van der Waals surface area contributed by atoms with Crippen LogP contribution in [0.2, 0.25) is 0 Å². The highest BCUT2D eigenvalue weighted by Crippen LogP contribution is 2.35. The Bertz CT molecular complexity index is 536. The molecule has 0 heterocycles. The van der Waals surface area contributed by atoms with Crippen molar-refractivity contribution in [3.63, 3.8) is 0 Å². The smallest absolute Gasteiger partial charge is 0.205 e. The van der Waals surface area contributed by atoms with Gasteiger partial charge in [0, 0.05) is 5.56 Å². The summed E-state index contributed by atoms with van der Waals surface area (Å²) < 4.78 is 26.0. The molecule has 0 amide bonds. The van der Waals surface area contributed by atoms with E-state index in [9.17, 15) is 8.78 Å². The lowest BCUT2D eigenvalue weighted by molar-refractivity contribution is 0.419. The first-order valence-corrected chi connectivity index (χ1v) is 6.01. The van der Waals surface area contributed by atoms with Gasteiger partial charge in [0.05, 0.1) is 12.6 Å².